The van der Waals surface area contributed by atoms with Crippen LogP contribution in [0.3, 0.4) is 0 Å². The number of ether oxygens (including phenoxy) is 2. The summed E-state index contributed by atoms with van der Waals surface area (Å²) in [6, 6.07) is 0. The Balaban J connectivity index is 3.64. The zero-order chi connectivity index (χ0) is 43.2. The van der Waals surface area contributed by atoms with Gasteiger partial charge >= 0.3 is 19.8 Å². The second-order valence-corrected chi connectivity index (χ2v) is 18.9. The zero-order valence-electron chi connectivity index (χ0n) is 39.0. The van der Waals surface area contributed by atoms with Crippen LogP contribution in [-0.4, -0.2) is 49.3 Å². The van der Waals surface area contributed by atoms with Crippen LogP contribution < -0.4 is 5.73 Å². The lowest BCUT2D eigenvalue weighted by molar-refractivity contribution is -0.161. The summed E-state index contributed by atoms with van der Waals surface area (Å²) in [5.41, 5.74) is 5.33. The molecule has 2 unspecified atom stereocenters. The van der Waals surface area contributed by atoms with Gasteiger partial charge in [0.2, 0.25) is 0 Å². The standard InChI is InChI=1S/C49H98NO8P/c1-3-5-7-9-10-11-12-13-14-15-16-17-18-19-20-21-22-23-24-25-26-27-28-29-30-31-32-33-34-35-36-38-40-42-49(52)58-47(46-57-59(53,54)56-44-43-50)45-55-48(51)41-39-37-8-6-4-2/h47H,3-46,50H2,1-2H3,(H,53,54). The largest absolute Gasteiger partial charge is 0.472 e. The molecule has 0 aliphatic rings. The van der Waals surface area contributed by atoms with Gasteiger partial charge in [-0.1, -0.05) is 245 Å². The number of hydrogen-bond donors (Lipinski definition) is 2. The van der Waals surface area contributed by atoms with E-state index in [-0.39, 0.29) is 38.6 Å². The summed E-state index contributed by atoms with van der Waals surface area (Å²) in [6.45, 7) is 3.68. The number of unbranched alkanes of at least 4 members (excludes halogenated alkanes) is 36. The van der Waals surface area contributed by atoms with Crippen LogP contribution in [0.25, 0.3) is 0 Å². The van der Waals surface area contributed by atoms with Gasteiger partial charge in [0.05, 0.1) is 13.2 Å². The molecule has 0 aliphatic carbocycles. The minimum Gasteiger partial charge on any atom is -0.462 e. The SMILES string of the molecule is CCCCCCCCCCCCCCCCCCCCCCCCCCCCCCCCCCCC(=O)OC(COC(=O)CCCCCCC)COP(=O)(O)OCCN. The molecule has 10 heteroatoms. The Morgan fingerprint density at radius 3 is 1.03 bits per heavy atom. The van der Waals surface area contributed by atoms with Gasteiger partial charge in [0.15, 0.2) is 6.10 Å². The van der Waals surface area contributed by atoms with Gasteiger partial charge in [-0.3, -0.25) is 18.6 Å². The molecule has 0 amide bonds. The molecule has 2 atom stereocenters. The summed E-state index contributed by atoms with van der Waals surface area (Å²) in [5, 5.41) is 0. The Morgan fingerprint density at radius 2 is 0.729 bits per heavy atom. The third-order valence-electron chi connectivity index (χ3n) is 11.5. The van der Waals surface area contributed by atoms with Gasteiger partial charge in [-0.15, -0.1) is 0 Å². The van der Waals surface area contributed by atoms with Crippen LogP contribution in [0.1, 0.15) is 271 Å². The summed E-state index contributed by atoms with van der Waals surface area (Å²) >= 11 is 0. The maximum absolute atomic E-state index is 12.5. The number of carbonyl (C=O) groups excluding carboxylic acids is 2. The predicted octanol–water partition coefficient (Wildman–Crippen LogP) is 15.2. The summed E-state index contributed by atoms with van der Waals surface area (Å²) in [5.74, 6) is -0.828. The fourth-order valence-corrected chi connectivity index (χ4v) is 8.46. The first-order chi connectivity index (χ1) is 28.8. The molecule has 0 saturated heterocycles. The highest BCUT2D eigenvalue weighted by molar-refractivity contribution is 7.47. The molecule has 0 aromatic rings. The van der Waals surface area contributed by atoms with E-state index in [9.17, 15) is 19.0 Å². The van der Waals surface area contributed by atoms with Crippen molar-refractivity contribution in [2.24, 2.45) is 5.73 Å². The van der Waals surface area contributed by atoms with Crippen molar-refractivity contribution < 1.29 is 37.6 Å². The lowest BCUT2D eigenvalue weighted by Gasteiger charge is -2.19. The fourth-order valence-electron chi connectivity index (χ4n) is 7.70. The second kappa shape index (κ2) is 46.5. The zero-order valence-corrected chi connectivity index (χ0v) is 39.9. The molecular formula is C49H98NO8P. The molecule has 0 rings (SSSR count). The summed E-state index contributed by atoms with van der Waals surface area (Å²) in [4.78, 5) is 34.6. The maximum atomic E-state index is 12.5. The van der Waals surface area contributed by atoms with Gasteiger partial charge in [0.25, 0.3) is 0 Å². The van der Waals surface area contributed by atoms with E-state index in [0.29, 0.717) is 6.42 Å². The molecule has 0 saturated carbocycles. The first kappa shape index (κ1) is 58.0. The third kappa shape index (κ3) is 46.3. The molecule has 0 radical (unpaired) electrons. The Hall–Kier alpha value is -0.990. The number of phosphoric ester groups is 1. The van der Waals surface area contributed by atoms with E-state index in [1.165, 1.54) is 193 Å². The van der Waals surface area contributed by atoms with Gasteiger partial charge in [0.1, 0.15) is 6.61 Å². The topological polar surface area (TPSA) is 134 Å². The van der Waals surface area contributed by atoms with Crippen LogP contribution >= 0.6 is 7.82 Å². The molecule has 0 bridgehead atoms. The van der Waals surface area contributed by atoms with Crippen molar-refractivity contribution in [1.29, 1.82) is 0 Å². The number of phosphoric acid groups is 1. The van der Waals surface area contributed by atoms with Crippen molar-refractivity contribution in [2.75, 3.05) is 26.4 Å². The Bertz CT molecular complexity index is 938. The van der Waals surface area contributed by atoms with Gasteiger partial charge < -0.3 is 20.1 Å². The number of carbonyl (C=O) groups is 2. The average Bonchev–Trinajstić information content (AvgIpc) is 3.22. The minimum absolute atomic E-state index is 0.0575. The van der Waals surface area contributed by atoms with E-state index in [2.05, 4.69) is 13.8 Å². The molecule has 0 aliphatic heterocycles. The lowest BCUT2D eigenvalue weighted by atomic mass is 10.0. The van der Waals surface area contributed by atoms with Crippen molar-refractivity contribution >= 4 is 19.8 Å². The normalized spacial score (nSPS) is 13.1. The summed E-state index contributed by atoms with van der Waals surface area (Å²) in [6.07, 6.45) is 49.5. The smallest absolute Gasteiger partial charge is 0.462 e. The molecule has 59 heavy (non-hydrogen) atoms. The monoisotopic (exact) mass is 860 g/mol. The summed E-state index contributed by atoms with van der Waals surface area (Å²) < 4.78 is 32.6. The first-order valence-electron chi connectivity index (χ1n) is 25.5. The molecule has 0 aromatic heterocycles. The molecule has 0 heterocycles. The van der Waals surface area contributed by atoms with E-state index >= 15 is 0 Å². The third-order valence-corrected chi connectivity index (χ3v) is 12.5. The molecule has 0 aromatic carbocycles. The fraction of sp³-hybridized carbons (Fsp3) is 0.959. The van der Waals surface area contributed by atoms with E-state index in [4.69, 9.17) is 24.3 Å². The van der Waals surface area contributed by atoms with E-state index < -0.39 is 26.5 Å². The van der Waals surface area contributed by atoms with E-state index in [1.54, 1.807) is 0 Å². The molecule has 0 spiro atoms. The van der Waals surface area contributed by atoms with Crippen LogP contribution in [-0.2, 0) is 32.7 Å². The highest BCUT2D eigenvalue weighted by atomic mass is 31.2. The molecule has 3 N–H and O–H groups in total. The predicted molar refractivity (Wildman–Crippen MR) is 248 cm³/mol. The number of nitrogens with two attached hydrogens (primary N) is 1. The number of rotatable bonds is 49. The van der Waals surface area contributed by atoms with Crippen LogP contribution in [0.15, 0.2) is 0 Å². The first-order valence-corrected chi connectivity index (χ1v) is 27.0. The lowest BCUT2D eigenvalue weighted by Crippen LogP contribution is -2.29. The second-order valence-electron chi connectivity index (χ2n) is 17.4. The van der Waals surface area contributed by atoms with Crippen LogP contribution in [0.5, 0.6) is 0 Å². The average molecular weight is 860 g/mol. The van der Waals surface area contributed by atoms with E-state index in [0.717, 1.165) is 44.9 Å². The molecule has 352 valence electrons. The molecular weight excluding hydrogens is 762 g/mol. The van der Waals surface area contributed by atoms with Crippen LogP contribution in [0, 0.1) is 0 Å². The van der Waals surface area contributed by atoms with Crippen molar-refractivity contribution in [1.82, 2.24) is 0 Å². The highest BCUT2D eigenvalue weighted by Crippen LogP contribution is 2.43. The Kier molecular flexibility index (Phi) is 45.7. The van der Waals surface area contributed by atoms with Gasteiger partial charge in [-0.05, 0) is 12.8 Å². The van der Waals surface area contributed by atoms with Gasteiger partial charge in [0, 0.05) is 19.4 Å². The highest BCUT2D eigenvalue weighted by Gasteiger charge is 2.26. The van der Waals surface area contributed by atoms with Gasteiger partial charge in [-0.2, -0.15) is 0 Å². The van der Waals surface area contributed by atoms with Crippen molar-refractivity contribution in [3.05, 3.63) is 0 Å². The number of esters is 2. The van der Waals surface area contributed by atoms with Crippen molar-refractivity contribution in [2.45, 2.75) is 277 Å². The minimum atomic E-state index is -4.36. The van der Waals surface area contributed by atoms with Gasteiger partial charge in [-0.25, -0.2) is 4.57 Å². The molecule has 9 nitrogen and oxygen atoms in total. The van der Waals surface area contributed by atoms with Crippen LogP contribution in [0.2, 0.25) is 0 Å². The maximum Gasteiger partial charge on any atom is 0.472 e. The summed E-state index contributed by atoms with van der Waals surface area (Å²) in [7, 11) is -4.36. The molecule has 0 fully saturated rings. The number of hydrogen-bond acceptors (Lipinski definition) is 8. The quantitative estimate of drug-likeness (QED) is 0.0348. The Labute approximate surface area is 365 Å². The van der Waals surface area contributed by atoms with Crippen molar-refractivity contribution in [3.63, 3.8) is 0 Å². The Morgan fingerprint density at radius 1 is 0.441 bits per heavy atom. The van der Waals surface area contributed by atoms with E-state index in [1.807, 2.05) is 0 Å². The van der Waals surface area contributed by atoms with Crippen molar-refractivity contribution in [3.8, 4) is 0 Å². The van der Waals surface area contributed by atoms with Crippen LogP contribution in [0.4, 0.5) is 0 Å².